The molecule has 146 valence electrons. The van der Waals surface area contributed by atoms with E-state index in [2.05, 4.69) is 25.1 Å². The molecule has 0 radical (unpaired) electrons. The Morgan fingerprint density at radius 3 is 2.70 bits per heavy atom. The Morgan fingerprint density at radius 2 is 1.96 bits per heavy atom. The summed E-state index contributed by atoms with van der Waals surface area (Å²) in [6, 6.07) is 11.4. The van der Waals surface area contributed by atoms with Crippen molar-refractivity contribution in [1.29, 1.82) is 0 Å². The largest absolute Gasteiger partial charge is 0.497 e. The minimum atomic E-state index is -0.340. The van der Waals surface area contributed by atoms with Crippen LogP contribution in [0, 0.1) is 11.7 Å². The lowest BCUT2D eigenvalue weighted by molar-refractivity contribution is 0.232. The summed E-state index contributed by atoms with van der Waals surface area (Å²) >= 11 is 0. The van der Waals surface area contributed by atoms with Gasteiger partial charge in [-0.3, -0.25) is 0 Å². The summed E-state index contributed by atoms with van der Waals surface area (Å²) in [5.41, 5.74) is 10.2. The van der Waals surface area contributed by atoms with Gasteiger partial charge in [0.25, 0.3) is 0 Å². The summed E-state index contributed by atoms with van der Waals surface area (Å²) in [6.45, 7) is 3.51. The number of hydrogen-bond acceptors (Lipinski definition) is 3. The van der Waals surface area contributed by atoms with Crippen LogP contribution in [-0.4, -0.2) is 20.3 Å². The molecule has 0 heterocycles. The van der Waals surface area contributed by atoms with Crippen molar-refractivity contribution in [1.82, 2.24) is 0 Å². The molecule has 0 saturated heterocycles. The maximum absolute atomic E-state index is 13.6. The monoisotopic (exact) mass is 371 g/mol. The van der Waals surface area contributed by atoms with Crippen LogP contribution in [0.1, 0.15) is 48.8 Å². The average Bonchev–Trinajstić information content (AvgIpc) is 2.69. The SMILES string of the molecule is CCCC(CN)c1ccc2c(c1)CCC(COc1cc(F)cc(OC)c1)C2. The highest BCUT2D eigenvalue weighted by molar-refractivity contribution is 5.36. The van der Waals surface area contributed by atoms with E-state index in [0.29, 0.717) is 36.5 Å². The Hall–Kier alpha value is -2.07. The fourth-order valence-corrected chi connectivity index (χ4v) is 3.97. The maximum Gasteiger partial charge on any atom is 0.130 e. The molecule has 1 aliphatic rings. The third kappa shape index (κ3) is 5.01. The van der Waals surface area contributed by atoms with Crippen LogP contribution in [0.4, 0.5) is 4.39 Å². The minimum absolute atomic E-state index is 0.340. The van der Waals surface area contributed by atoms with E-state index in [1.54, 1.807) is 6.07 Å². The van der Waals surface area contributed by atoms with Gasteiger partial charge in [-0.25, -0.2) is 4.39 Å². The zero-order valence-corrected chi connectivity index (χ0v) is 16.3. The van der Waals surface area contributed by atoms with Crippen molar-refractivity contribution in [2.75, 3.05) is 20.3 Å². The van der Waals surface area contributed by atoms with Crippen LogP contribution in [0.3, 0.4) is 0 Å². The highest BCUT2D eigenvalue weighted by Crippen LogP contribution is 2.30. The number of aryl methyl sites for hydroxylation is 1. The van der Waals surface area contributed by atoms with Crippen molar-refractivity contribution in [3.8, 4) is 11.5 Å². The molecule has 0 saturated carbocycles. The number of rotatable bonds is 8. The summed E-state index contributed by atoms with van der Waals surface area (Å²) in [7, 11) is 1.53. The van der Waals surface area contributed by atoms with E-state index in [9.17, 15) is 4.39 Å². The quantitative estimate of drug-likeness (QED) is 0.721. The van der Waals surface area contributed by atoms with Gasteiger partial charge in [0.05, 0.1) is 13.7 Å². The summed E-state index contributed by atoms with van der Waals surface area (Å²) in [4.78, 5) is 0. The Morgan fingerprint density at radius 1 is 1.15 bits per heavy atom. The van der Waals surface area contributed by atoms with E-state index >= 15 is 0 Å². The number of nitrogens with two attached hydrogens (primary N) is 1. The van der Waals surface area contributed by atoms with Crippen LogP contribution in [0.5, 0.6) is 11.5 Å². The van der Waals surface area contributed by atoms with Crippen LogP contribution in [0.15, 0.2) is 36.4 Å². The zero-order chi connectivity index (χ0) is 19.2. The second-order valence-electron chi connectivity index (χ2n) is 7.50. The van der Waals surface area contributed by atoms with E-state index in [4.69, 9.17) is 15.2 Å². The first-order chi connectivity index (χ1) is 13.1. The minimum Gasteiger partial charge on any atom is -0.497 e. The van der Waals surface area contributed by atoms with Gasteiger partial charge in [-0.05, 0) is 60.8 Å². The van der Waals surface area contributed by atoms with Crippen molar-refractivity contribution in [2.24, 2.45) is 11.7 Å². The third-order valence-electron chi connectivity index (χ3n) is 5.52. The predicted octanol–water partition coefficient (Wildman–Crippen LogP) is 4.86. The topological polar surface area (TPSA) is 44.5 Å². The third-order valence-corrected chi connectivity index (χ3v) is 5.52. The Kier molecular flexibility index (Phi) is 6.73. The molecule has 0 aliphatic heterocycles. The van der Waals surface area contributed by atoms with Crippen LogP contribution in [0.2, 0.25) is 0 Å². The first-order valence-corrected chi connectivity index (χ1v) is 9.92. The molecule has 27 heavy (non-hydrogen) atoms. The second-order valence-corrected chi connectivity index (χ2v) is 7.50. The number of methoxy groups -OCH3 is 1. The van der Waals surface area contributed by atoms with Gasteiger partial charge in [0.2, 0.25) is 0 Å². The molecule has 1 aliphatic carbocycles. The van der Waals surface area contributed by atoms with Gasteiger partial charge in [0.1, 0.15) is 17.3 Å². The molecule has 3 rings (SSSR count). The molecule has 0 fully saturated rings. The lowest BCUT2D eigenvalue weighted by Crippen LogP contribution is -2.21. The number of hydrogen-bond donors (Lipinski definition) is 1. The maximum atomic E-state index is 13.6. The van der Waals surface area contributed by atoms with E-state index in [-0.39, 0.29) is 5.82 Å². The molecule has 0 bridgehead atoms. The van der Waals surface area contributed by atoms with Gasteiger partial charge < -0.3 is 15.2 Å². The molecule has 2 atom stereocenters. The molecule has 2 N–H and O–H groups in total. The Bertz CT molecular complexity index is 762. The van der Waals surface area contributed by atoms with Crippen molar-refractivity contribution in [3.63, 3.8) is 0 Å². The number of ether oxygens (including phenoxy) is 2. The smallest absolute Gasteiger partial charge is 0.130 e. The van der Waals surface area contributed by atoms with E-state index in [1.807, 2.05) is 0 Å². The van der Waals surface area contributed by atoms with E-state index < -0.39 is 0 Å². The molecule has 0 spiro atoms. The molecular formula is C23H30FNO2. The molecule has 2 unspecified atom stereocenters. The van der Waals surface area contributed by atoms with E-state index in [1.165, 1.54) is 35.9 Å². The molecule has 0 aromatic heterocycles. The molecule has 4 heteroatoms. The highest BCUT2D eigenvalue weighted by Gasteiger charge is 2.21. The Balaban J connectivity index is 1.62. The molecule has 0 amide bonds. The first kappa shape index (κ1) is 19.7. The first-order valence-electron chi connectivity index (χ1n) is 9.92. The highest BCUT2D eigenvalue weighted by atomic mass is 19.1. The van der Waals surface area contributed by atoms with Gasteiger partial charge in [0, 0.05) is 18.2 Å². The van der Waals surface area contributed by atoms with Gasteiger partial charge in [-0.1, -0.05) is 31.5 Å². The summed E-state index contributed by atoms with van der Waals surface area (Å²) in [6.07, 6.45) is 5.45. The lowest BCUT2D eigenvalue weighted by Gasteiger charge is -2.26. The van der Waals surface area contributed by atoms with Crippen LogP contribution in [-0.2, 0) is 12.8 Å². The lowest BCUT2D eigenvalue weighted by atomic mass is 9.82. The van der Waals surface area contributed by atoms with Gasteiger partial charge >= 0.3 is 0 Å². The Labute approximate surface area is 161 Å². The van der Waals surface area contributed by atoms with E-state index in [0.717, 1.165) is 32.1 Å². The number of halogens is 1. The molecular weight excluding hydrogens is 341 g/mol. The molecule has 2 aromatic carbocycles. The van der Waals surface area contributed by atoms with Gasteiger partial charge in [-0.2, -0.15) is 0 Å². The summed E-state index contributed by atoms with van der Waals surface area (Å²) < 4.78 is 24.6. The van der Waals surface area contributed by atoms with Crippen molar-refractivity contribution < 1.29 is 13.9 Å². The van der Waals surface area contributed by atoms with Crippen molar-refractivity contribution in [2.45, 2.75) is 44.9 Å². The standard InChI is InChI=1S/C23H30FNO2/c1-3-4-20(14-25)19-8-7-17-9-16(5-6-18(17)10-19)15-27-23-12-21(24)11-22(13-23)26-2/h7-8,10-13,16,20H,3-6,9,14-15,25H2,1-2H3. The van der Waals surface area contributed by atoms with Crippen molar-refractivity contribution in [3.05, 3.63) is 58.9 Å². The summed E-state index contributed by atoms with van der Waals surface area (Å²) in [5, 5.41) is 0. The van der Waals surface area contributed by atoms with Crippen molar-refractivity contribution >= 4 is 0 Å². The fourth-order valence-electron chi connectivity index (χ4n) is 3.97. The van der Waals surface area contributed by atoms with Gasteiger partial charge in [-0.15, -0.1) is 0 Å². The predicted molar refractivity (Wildman–Crippen MR) is 107 cm³/mol. The fraction of sp³-hybridized carbons (Fsp3) is 0.478. The number of benzene rings is 2. The zero-order valence-electron chi connectivity index (χ0n) is 16.3. The van der Waals surface area contributed by atoms with Crippen LogP contribution in [0.25, 0.3) is 0 Å². The molecule has 3 nitrogen and oxygen atoms in total. The normalized spacial score (nSPS) is 17.3. The molecule has 2 aromatic rings. The average molecular weight is 371 g/mol. The second kappa shape index (κ2) is 9.23. The number of fused-ring (bicyclic) bond motifs is 1. The summed E-state index contributed by atoms with van der Waals surface area (Å²) in [5.74, 6) is 1.57. The van der Waals surface area contributed by atoms with Gasteiger partial charge in [0.15, 0.2) is 0 Å². The van der Waals surface area contributed by atoms with Crippen LogP contribution >= 0.6 is 0 Å². The van der Waals surface area contributed by atoms with Crippen LogP contribution < -0.4 is 15.2 Å².